The molecular formula is C40H38N12O6. The molecule has 294 valence electrons. The van der Waals surface area contributed by atoms with Crippen molar-refractivity contribution in [2.45, 2.75) is 49.9 Å². The first-order chi connectivity index (χ1) is 28.2. The van der Waals surface area contributed by atoms with Crippen molar-refractivity contribution >= 4 is 24.0 Å². The van der Waals surface area contributed by atoms with E-state index in [1.165, 1.54) is 0 Å². The maximum atomic E-state index is 13.7. The zero-order valence-electron chi connectivity index (χ0n) is 30.9. The molecule has 0 bridgehead atoms. The molecule has 2 fully saturated rings. The van der Waals surface area contributed by atoms with Crippen molar-refractivity contribution in [3.63, 3.8) is 0 Å². The third kappa shape index (κ3) is 7.79. The van der Waals surface area contributed by atoms with Gasteiger partial charge in [-0.1, -0.05) is 60.7 Å². The Morgan fingerprint density at radius 2 is 0.948 bits per heavy atom. The number of hydrogen-bond acceptors (Lipinski definition) is 10. The summed E-state index contributed by atoms with van der Waals surface area (Å²) in [6.07, 6.45) is 10.0. The standard InChI is InChI=1S/C40H38N12O6/c53-37(31(49-39(55)56)23-9-3-1-4-10-23)51-15-7-13-29(51)33-45-21-27(47-33)25-17-41-35(42-18-25)36-43-19-26(20-44-36)28-22-46-34(48-28)30-14-8-16-52(30)38(54)32(50-40(57)58)24-11-5-2-6-12-24/h1-6,9-12,17-22,29-32,49-50H,7-8,13-16H2,(H,45,47)(H,46,48)(H,55,56)(H,57,58)/t29-,30?,31+,32?/m0/s1. The minimum Gasteiger partial charge on any atom is -0.465 e. The zero-order valence-corrected chi connectivity index (χ0v) is 30.9. The predicted octanol–water partition coefficient (Wildman–Crippen LogP) is 5.06. The van der Waals surface area contributed by atoms with E-state index in [0.717, 1.165) is 12.8 Å². The summed E-state index contributed by atoms with van der Waals surface area (Å²) in [5.74, 6) is 1.05. The summed E-state index contributed by atoms with van der Waals surface area (Å²) >= 11 is 0. The summed E-state index contributed by atoms with van der Waals surface area (Å²) < 4.78 is 0. The van der Waals surface area contributed by atoms with Gasteiger partial charge in [-0.2, -0.15) is 0 Å². The summed E-state index contributed by atoms with van der Waals surface area (Å²) in [4.78, 5) is 87.6. The van der Waals surface area contributed by atoms with E-state index in [9.17, 15) is 29.4 Å². The highest BCUT2D eigenvalue weighted by atomic mass is 16.4. The highest BCUT2D eigenvalue weighted by Crippen LogP contribution is 2.35. The van der Waals surface area contributed by atoms with Crippen LogP contribution in [-0.2, 0) is 9.59 Å². The fourth-order valence-corrected chi connectivity index (χ4v) is 7.54. The molecule has 4 atom stereocenters. The van der Waals surface area contributed by atoms with Gasteiger partial charge in [0.1, 0.15) is 23.7 Å². The first-order valence-electron chi connectivity index (χ1n) is 18.7. The highest BCUT2D eigenvalue weighted by molar-refractivity contribution is 5.88. The molecule has 0 aliphatic carbocycles. The van der Waals surface area contributed by atoms with E-state index < -0.39 is 24.3 Å². The smallest absolute Gasteiger partial charge is 0.405 e. The van der Waals surface area contributed by atoms with Crippen molar-refractivity contribution in [2.24, 2.45) is 0 Å². The number of rotatable bonds is 11. The van der Waals surface area contributed by atoms with Crippen LogP contribution in [0.3, 0.4) is 0 Å². The number of benzene rings is 2. The molecule has 0 saturated carbocycles. The average Bonchev–Trinajstić information content (AvgIpc) is 4.09. The molecule has 0 spiro atoms. The van der Waals surface area contributed by atoms with Gasteiger partial charge in [-0.05, 0) is 36.8 Å². The number of imidazole rings is 2. The molecule has 6 N–H and O–H groups in total. The lowest BCUT2D eigenvalue weighted by Gasteiger charge is -2.28. The van der Waals surface area contributed by atoms with Crippen molar-refractivity contribution in [1.82, 2.24) is 60.3 Å². The Bertz CT molecular complexity index is 2240. The molecule has 0 radical (unpaired) electrons. The average molecular weight is 783 g/mol. The normalized spacial score (nSPS) is 17.4. The van der Waals surface area contributed by atoms with Crippen molar-refractivity contribution in [3.05, 3.63) is 121 Å². The second-order valence-electron chi connectivity index (χ2n) is 13.9. The molecule has 18 nitrogen and oxygen atoms in total. The van der Waals surface area contributed by atoms with Gasteiger partial charge in [-0.3, -0.25) is 9.59 Å². The van der Waals surface area contributed by atoms with Gasteiger partial charge in [-0.15, -0.1) is 0 Å². The van der Waals surface area contributed by atoms with Gasteiger partial charge < -0.3 is 40.6 Å². The van der Waals surface area contributed by atoms with Gasteiger partial charge in [0, 0.05) is 49.0 Å². The third-order valence-corrected chi connectivity index (χ3v) is 10.3. The lowest BCUT2D eigenvalue weighted by atomic mass is 10.1. The Labute approximate surface area is 330 Å². The predicted molar refractivity (Wildman–Crippen MR) is 206 cm³/mol. The van der Waals surface area contributed by atoms with Crippen molar-refractivity contribution in [3.8, 4) is 34.2 Å². The summed E-state index contributed by atoms with van der Waals surface area (Å²) in [7, 11) is 0. The van der Waals surface area contributed by atoms with E-state index in [0.29, 0.717) is 82.9 Å². The molecular weight excluding hydrogens is 745 g/mol. The second kappa shape index (κ2) is 16.3. The summed E-state index contributed by atoms with van der Waals surface area (Å²) in [5.41, 5.74) is 3.71. The fraction of sp³-hybridized carbons (Fsp3) is 0.250. The Morgan fingerprint density at radius 1 is 0.569 bits per heavy atom. The molecule has 8 rings (SSSR count). The first kappa shape index (κ1) is 37.4. The van der Waals surface area contributed by atoms with Gasteiger partial charge in [0.15, 0.2) is 11.6 Å². The number of H-pyrrole nitrogens is 2. The van der Waals surface area contributed by atoms with Crippen molar-refractivity contribution < 1.29 is 29.4 Å². The number of amides is 4. The summed E-state index contributed by atoms with van der Waals surface area (Å²) in [6, 6.07) is 14.7. The zero-order chi connectivity index (χ0) is 40.2. The van der Waals surface area contributed by atoms with Crippen LogP contribution in [0.1, 0.15) is 72.6 Å². The fourth-order valence-electron chi connectivity index (χ4n) is 7.54. The molecule has 2 saturated heterocycles. The number of carboxylic acid groups (broad SMARTS) is 2. The van der Waals surface area contributed by atoms with Crippen LogP contribution in [0.15, 0.2) is 97.8 Å². The lowest BCUT2D eigenvalue weighted by molar-refractivity contribution is -0.135. The second-order valence-corrected chi connectivity index (χ2v) is 13.9. The largest absolute Gasteiger partial charge is 0.465 e. The van der Waals surface area contributed by atoms with Crippen molar-refractivity contribution in [2.75, 3.05) is 13.1 Å². The van der Waals surface area contributed by atoms with E-state index in [-0.39, 0.29) is 23.9 Å². The molecule has 4 aromatic heterocycles. The number of nitrogens with one attached hydrogen (secondary N) is 4. The maximum Gasteiger partial charge on any atom is 0.405 e. The molecule has 18 heteroatoms. The summed E-state index contributed by atoms with van der Waals surface area (Å²) in [6.45, 7) is 0.929. The number of hydrogen-bond donors (Lipinski definition) is 6. The minimum atomic E-state index is -1.29. The van der Waals surface area contributed by atoms with E-state index >= 15 is 0 Å². The molecule has 58 heavy (non-hydrogen) atoms. The molecule has 6 aromatic rings. The van der Waals surface area contributed by atoms with Gasteiger partial charge in [-0.25, -0.2) is 39.5 Å². The number of aromatic amines is 2. The number of carbonyl (C=O) groups is 4. The topological polar surface area (TPSA) is 248 Å². The van der Waals surface area contributed by atoms with Crippen LogP contribution in [0.25, 0.3) is 34.2 Å². The van der Waals surface area contributed by atoms with Crippen LogP contribution in [-0.4, -0.2) is 97.0 Å². The lowest BCUT2D eigenvalue weighted by Crippen LogP contribution is -2.42. The Morgan fingerprint density at radius 3 is 1.31 bits per heavy atom. The molecule has 2 aromatic carbocycles. The van der Waals surface area contributed by atoms with Crippen LogP contribution < -0.4 is 10.6 Å². The molecule has 6 heterocycles. The number of likely N-dealkylation sites (tertiary alicyclic amines) is 2. The maximum absolute atomic E-state index is 13.7. The van der Waals surface area contributed by atoms with E-state index in [4.69, 9.17) is 0 Å². The van der Waals surface area contributed by atoms with Crippen LogP contribution in [0.2, 0.25) is 0 Å². The first-order valence-corrected chi connectivity index (χ1v) is 18.7. The Balaban J connectivity index is 0.929. The van der Waals surface area contributed by atoms with Crippen LogP contribution in [0.4, 0.5) is 9.59 Å². The van der Waals surface area contributed by atoms with Crippen LogP contribution in [0, 0.1) is 0 Å². The molecule has 2 aliphatic rings. The van der Waals surface area contributed by atoms with E-state index in [2.05, 4.69) is 50.5 Å². The van der Waals surface area contributed by atoms with E-state index in [1.54, 1.807) is 108 Å². The number of nitrogens with zero attached hydrogens (tertiary/aromatic N) is 8. The summed E-state index contributed by atoms with van der Waals surface area (Å²) in [5, 5.41) is 23.7. The van der Waals surface area contributed by atoms with Gasteiger partial charge >= 0.3 is 12.2 Å². The van der Waals surface area contributed by atoms with Crippen LogP contribution >= 0.6 is 0 Å². The Hall–Kier alpha value is -7.50. The monoisotopic (exact) mass is 782 g/mol. The Kier molecular flexibility index (Phi) is 10.5. The molecule has 4 amide bonds. The van der Waals surface area contributed by atoms with Gasteiger partial charge in [0.25, 0.3) is 11.8 Å². The van der Waals surface area contributed by atoms with Gasteiger partial charge in [0.2, 0.25) is 0 Å². The van der Waals surface area contributed by atoms with Gasteiger partial charge in [0.05, 0.1) is 35.9 Å². The SMILES string of the molecule is O=C(O)NC(C(=O)N1CCCC1c1ncc(-c2cnc(-c3ncc(-c4cnc([C@@H]5CCCN5C(=O)[C@H](NC(=O)O)c5ccccc5)[nH]4)cn3)nc2)[nH]1)c1ccccc1. The molecule has 2 aliphatic heterocycles. The third-order valence-electron chi connectivity index (χ3n) is 10.3. The highest BCUT2D eigenvalue weighted by Gasteiger charge is 2.38. The van der Waals surface area contributed by atoms with E-state index in [1.807, 2.05) is 0 Å². The minimum absolute atomic E-state index is 0.300. The quantitative estimate of drug-likeness (QED) is 0.101. The number of carbonyl (C=O) groups excluding carboxylic acids is 2. The molecule has 2 unspecified atom stereocenters. The van der Waals surface area contributed by atoms with Crippen LogP contribution in [0.5, 0.6) is 0 Å². The van der Waals surface area contributed by atoms with Crippen molar-refractivity contribution in [1.29, 1.82) is 0 Å². The number of aromatic nitrogens is 8.